The number of thiazole rings is 1. The lowest BCUT2D eigenvalue weighted by atomic mass is 10.2. The Balaban J connectivity index is 2.31. The number of hydrogen-bond acceptors (Lipinski definition) is 4. The van der Waals surface area contributed by atoms with Crippen LogP contribution in [0.5, 0.6) is 0 Å². The van der Waals surface area contributed by atoms with Gasteiger partial charge >= 0.3 is 0 Å². The summed E-state index contributed by atoms with van der Waals surface area (Å²) in [7, 11) is 0. The van der Waals surface area contributed by atoms with Crippen molar-refractivity contribution < 1.29 is 4.79 Å². The quantitative estimate of drug-likeness (QED) is 0.799. The van der Waals surface area contributed by atoms with Gasteiger partial charge in [0.25, 0.3) is 0 Å². The summed E-state index contributed by atoms with van der Waals surface area (Å²) in [4.78, 5) is 17.2. The Morgan fingerprint density at radius 1 is 1.39 bits per heavy atom. The van der Waals surface area contributed by atoms with Crippen molar-refractivity contribution in [1.82, 2.24) is 15.6 Å². The van der Waals surface area contributed by atoms with Crippen LogP contribution in [0.1, 0.15) is 48.3 Å². The average molecular weight is 269 g/mol. The van der Waals surface area contributed by atoms with E-state index in [0.717, 1.165) is 23.7 Å². The van der Waals surface area contributed by atoms with Gasteiger partial charge in [0.1, 0.15) is 0 Å². The fraction of sp³-hybridized carbons (Fsp3) is 0.692. The fourth-order valence-corrected chi connectivity index (χ4v) is 2.71. The molecule has 0 saturated carbocycles. The Kier molecular flexibility index (Phi) is 6.29. The van der Waals surface area contributed by atoms with Crippen LogP contribution in [0.2, 0.25) is 0 Å². The van der Waals surface area contributed by atoms with Crippen LogP contribution in [0.3, 0.4) is 0 Å². The second-order valence-electron chi connectivity index (χ2n) is 4.45. The molecule has 0 fully saturated rings. The smallest absolute Gasteiger partial charge is 0.221 e. The zero-order valence-electron chi connectivity index (χ0n) is 11.7. The molecule has 0 saturated heterocycles. The van der Waals surface area contributed by atoms with Crippen molar-refractivity contribution in [3.63, 3.8) is 0 Å². The molecular weight excluding hydrogens is 246 g/mol. The number of amides is 1. The number of carbonyl (C=O) groups excluding carboxylic acids is 1. The van der Waals surface area contributed by atoms with E-state index in [2.05, 4.69) is 29.5 Å². The first-order valence-electron chi connectivity index (χ1n) is 6.48. The Morgan fingerprint density at radius 3 is 2.67 bits per heavy atom. The molecule has 1 amide bonds. The minimum atomic E-state index is 0.114. The predicted octanol–water partition coefficient (Wildman–Crippen LogP) is 2.33. The number of aryl methyl sites for hydroxylation is 2. The fourth-order valence-electron chi connectivity index (χ4n) is 1.80. The molecule has 18 heavy (non-hydrogen) atoms. The third kappa shape index (κ3) is 4.74. The summed E-state index contributed by atoms with van der Waals surface area (Å²) >= 11 is 1.72. The largest absolute Gasteiger partial charge is 0.356 e. The van der Waals surface area contributed by atoms with E-state index in [9.17, 15) is 4.79 Å². The maximum atomic E-state index is 11.4. The van der Waals surface area contributed by atoms with Gasteiger partial charge in [-0.2, -0.15) is 0 Å². The zero-order chi connectivity index (χ0) is 13.5. The number of rotatable bonds is 7. The molecule has 0 radical (unpaired) electrons. The third-order valence-corrected chi connectivity index (χ3v) is 3.63. The Bertz CT molecular complexity index is 390. The zero-order valence-corrected chi connectivity index (χ0v) is 12.5. The molecule has 5 heteroatoms. The molecule has 0 aromatic carbocycles. The summed E-state index contributed by atoms with van der Waals surface area (Å²) in [5.41, 5.74) is 1.10. The van der Waals surface area contributed by atoms with Crippen LogP contribution in [-0.4, -0.2) is 24.0 Å². The summed E-state index contributed by atoms with van der Waals surface area (Å²) in [5.74, 6) is 0.114. The molecule has 1 atom stereocenters. The number of hydrogen-bond donors (Lipinski definition) is 2. The highest BCUT2D eigenvalue weighted by atomic mass is 32.1. The Hall–Kier alpha value is -0.940. The topological polar surface area (TPSA) is 54.0 Å². The van der Waals surface area contributed by atoms with E-state index in [1.54, 1.807) is 11.3 Å². The summed E-state index contributed by atoms with van der Waals surface area (Å²) in [6.07, 6.45) is 1.50. The van der Waals surface area contributed by atoms with E-state index in [-0.39, 0.29) is 11.9 Å². The van der Waals surface area contributed by atoms with Gasteiger partial charge in [-0.3, -0.25) is 4.79 Å². The summed E-state index contributed by atoms with van der Waals surface area (Å²) in [6.45, 7) is 9.70. The monoisotopic (exact) mass is 269 g/mol. The molecule has 0 aliphatic rings. The van der Waals surface area contributed by atoms with Crippen LogP contribution in [0, 0.1) is 13.8 Å². The first kappa shape index (κ1) is 15.1. The molecular formula is C13H23N3OS. The predicted molar refractivity (Wildman–Crippen MR) is 75.9 cm³/mol. The third-order valence-electron chi connectivity index (χ3n) is 2.72. The van der Waals surface area contributed by atoms with Crippen molar-refractivity contribution in [2.45, 2.75) is 46.6 Å². The standard InChI is InChI=1S/C13H23N3OS/c1-5-7-15-12(17)6-8-14-9(2)13-10(3)18-11(4)16-13/h9,14H,5-8H2,1-4H3,(H,15,17). The van der Waals surface area contributed by atoms with Gasteiger partial charge in [0.2, 0.25) is 5.91 Å². The number of nitrogens with zero attached hydrogens (tertiary/aromatic N) is 1. The van der Waals surface area contributed by atoms with Crippen LogP contribution in [0.25, 0.3) is 0 Å². The minimum Gasteiger partial charge on any atom is -0.356 e. The molecule has 1 unspecified atom stereocenters. The lowest BCUT2D eigenvalue weighted by molar-refractivity contribution is -0.121. The summed E-state index contributed by atoms with van der Waals surface area (Å²) in [6, 6.07) is 0.203. The molecule has 2 N–H and O–H groups in total. The van der Waals surface area contributed by atoms with Gasteiger partial charge in [-0.1, -0.05) is 6.92 Å². The van der Waals surface area contributed by atoms with Crippen molar-refractivity contribution in [3.05, 3.63) is 15.6 Å². The van der Waals surface area contributed by atoms with Crippen LogP contribution >= 0.6 is 11.3 Å². The normalized spacial score (nSPS) is 12.4. The van der Waals surface area contributed by atoms with Gasteiger partial charge in [-0.05, 0) is 27.2 Å². The first-order chi connectivity index (χ1) is 8.54. The minimum absolute atomic E-state index is 0.114. The van der Waals surface area contributed by atoms with Gasteiger partial charge in [0, 0.05) is 30.4 Å². The van der Waals surface area contributed by atoms with E-state index in [0.29, 0.717) is 13.0 Å². The van der Waals surface area contributed by atoms with Crippen molar-refractivity contribution in [1.29, 1.82) is 0 Å². The molecule has 1 aromatic rings. The molecule has 0 aliphatic carbocycles. The van der Waals surface area contributed by atoms with Gasteiger partial charge in [0.15, 0.2) is 0 Å². The molecule has 1 rings (SSSR count). The van der Waals surface area contributed by atoms with E-state index in [1.165, 1.54) is 4.88 Å². The second kappa shape index (κ2) is 7.48. The lowest BCUT2D eigenvalue weighted by Gasteiger charge is -2.12. The molecule has 1 aromatic heterocycles. The number of nitrogens with one attached hydrogen (secondary N) is 2. The highest BCUT2D eigenvalue weighted by molar-refractivity contribution is 7.11. The van der Waals surface area contributed by atoms with Gasteiger partial charge < -0.3 is 10.6 Å². The van der Waals surface area contributed by atoms with Crippen molar-refractivity contribution in [3.8, 4) is 0 Å². The SMILES string of the molecule is CCCNC(=O)CCNC(C)c1nc(C)sc1C. The van der Waals surface area contributed by atoms with E-state index in [4.69, 9.17) is 0 Å². The molecule has 1 heterocycles. The van der Waals surface area contributed by atoms with Crippen LogP contribution < -0.4 is 10.6 Å². The van der Waals surface area contributed by atoms with E-state index >= 15 is 0 Å². The lowest BCUT2D eigenvalue weighted by Crippen LogP contribution is -2.29. The first-order valence-corrected chi connectivity index (χ1v) is 7.30. The molecule has 0 aliphatic heterocycles. The summed E-state index contributed by atoms with van der Waals surface area (Å²) < 4.78 is 0. The highest BCUT2D eigenvalue weighted by Crippen LogP contribution is 2.22. The maximum Gasteiger partial charge on any atom is 0.221 e. The Labute approximate surface area is 113 Å². The maximum absolute atomic E-state index is 11.4. The van der Waals surface area contributed by atoms with Crippen LogP contribution in [0.15, 0.2) is 0 Å². The number of carbonyl (C=O) groups is 1. The van der Waals surface area contributed by atoms with Crippen molar-refractivity contribution >= 4 is 17.2 Å². The van der Waals surface area contributed by atoms with Gasteiger partial charge in [-0.25, -0.2) is 4.98 Å². The van der Waals surface area contributed by atoms with E-state index in [1.807, 2.05) is 13.8 Å². The second-order valence-corrected chi connectivity index (χ2v) is 5.86. The summed E-state index contributed by atoms with van der Waals surface area (Å²) in [5, 5.41) is 7.31. The Morgan fingerprint density at radius 2 is 2.11 bits per heavy atom. The van der Waals surface area contributed by atoms with E-state index < -0.39 is 0 Å². The van der Waals surface area contributed by atoms with Crippen LogP contribution in [-0.2, 0) is 4.79 Å². The van der Waals surface area contributed by atoms with Crippen molar-refractivity contribution in [2.24, 2.45) is 0 Å². The van der Waals surface area contributed by atoms with Gasteiger partial charge in [0.05, 0.1) is 10.7 Å². The number of aromatic nitrogens is 1. The van der Waals surface area contributed by atoms with Crippen LogP contribution in [0.4, 0.5) is 0 Å². The average Bonchev–Trinajstić information content (AvgIpc) is 2.65. The highest BCUT2D eigenvalue weighted by Gasteiger charge is 2.12. The molecule has 102 valence electrons. The molecule has 4 nitrogen and oxygen atoms in total. The van der Waals surface area contributed by atoms with Gasteiger partial charge in [-0.15, -0.1) is 11.3 Å². The molecule has 0 bridgehead atoms. The molecule has 0 spiro atoms. The van der Waals surface area contributed by atoms with Crippen molar-refractivity contribution in [2.75, 3.05) is 13.1 Å².